The van der Waals surface area contributed by atoms with E-state index >= 15 is 0 Å². The Bertz CT molecular complexity index is 569. The molecule has 2 rings (SSSR count). The molecule has 4 heteroatoms. The average molecular weight is 296 g/mol. The second kappa shape index (κ2) is 5.95. The maximum Gasteiger partial charge on any atom is 0.120 e. The molecule has 2 N–H and O–H groups in total. The van der Waals surface area contributed by atoms with Crippen LogP contribution in [0.25, 0.3) is 0 Å². The fourth-order valence-electron chi connectivity index (χ4n) is 1.98. The summed E-state index contributed by atoms with van der Waals surface area (Å²) in [5, 5.41) is 0.810. The van der Waals surface area contributed by atoms with E-state index in [2.05, 4.69) is 13.0 Å². The molecule has 102 valence electrons. The Labute approximate surface area is 123 Å². The van der Waals surface area contributed by atoms with Gasteiger partial charge in [-0.3, -0.25) is 0 Å². The predicted octanol–water partition coefficient (Wildman–Crippen LogP) is 4.36. The van der Waals surface area contributed by atoms with Crippen molar-refractivity contribution in [3.8, 4) is 5.75 Å². The summed E-state index contributed by atoms with van der Waals surface area (Å²) in [6.07, 6.45) is 0. The van der Waals surface area contributed by atoms with E-state index in [-0.39, 0.29) is 0 Å². The molecule has 1 aromatic carbocycles. The Morgan fingerprint density at radius 3 is 2.32 bits per heavy atom. The first-order valence-electron chi connectivity index (χ1n) is 6.19. The van der Waals surface area contributed by atoms with Gasteiger partial charge in [0.05, 0.1) is 0 Å². The molecule has 1 aromatic heterocycles. The van der Waals surface area contributed by atoms with Gasteiger partial charge in [-0.05, 0) is 50.1 Å². The maximum absolute atomic E-state index is 6.15. The average Bonchev–Trinajstić information content (AvgIpc) is 2.74. The van der Waals surface area contributed by atoms with Gasteiger partial charge in [0.25, 0.3) is 0 Å². The summed E-state index contributed by atoms with van der Waals surface area (Å²) in [5.41, 5.74) is 8.94. The zero-order valence-corrected chi connectivity index (χ0v) is 13.0. The number of ether oxygens (including phenoxy) is 1. The van der Waals surface area contributed by atoms with Crippen LogP contribution < -0.4 is 10.5 Å². The van der Waals surface area contributed by atoms with Gasteiger partial charge in [-0.1, -0.05) is 11.6 Å². The quantitative estimate of drug-likeness (QED) is 0.909. The van der Waals surface area contributed by atoms with E-state index in [1.165, 1.54) is 15.3 Å². The molecule has 0 radical (unpaired) electrons. The molecule has 0 bridgehead atoms. The standard InChI is InChI=1S/C15H18ClNOS/c1-9-4-13(5-10(2)15(9)16)18-8-12-6-14(7-17)19-11(12)3/h4-6H,7-8,17H2,1-3H3. The Balaban J connectivity index is 2.12. The van der Waals surface area contributed by atoms with Crippen molar-refractivity contribution in [3.05, 3.63) is 49.7 Å². The van der Waals surface area contributed by atoms with Gasteiger partial charge in [0.2, 0.25) is 0 Å². The van der Waals surface area contributed by atoms with E-state index in [4.69, 9.17) is 22.1 Å². The minimum absolute atomic E-state index is 0.572. The zero-order chi connectivity index (χ0) is 14.0. The van der Waals surface area contributed by atoms with Gasteiger partial charge in [0, 0.05) is 26.9 Å². The van der Waals surface area contributed by atoms with Crippen LogP contribution >= 0.6 is 22.9 Å². The first kappa shape index (κ1) is 14.4. The van der Waals surface area contributed by atoms with Gasteiger partial charge in [-0.25, -0.2) is 0 Å². The molecule has 1 heterocycles. The van der Waals surface area contributed by atoms with Crippen molar-refractivity contribution in [2.45, 2.75) is 33.9 Å². The number of hydrogen-bond acceptors (Lipinski definition) is 3. The third kappa shape index (κ3) is 3.30. The molecular weight excluding hydrogens is 278 g/mol. The Morgan fingerprint density at radius 1 is 1.16 bits per heavy atom. The third-order valence-corrected chi connectivity index (χ3v) is 4.79. The van der Waals surface area contributed by atoms with Gasteiger partial charge in [0.15, 0.2) is 0 Å². The first-order valence-corrected chi connectivity index (χ1v) is 7.38. The molecule has 2 nitrogen and oxygen atoms in total. The Hall–Kier alpha value is -1.03. The topological polar surface area (TPSA) is 35.2 Å². The molecule has 0 spiro atoms. The number of nitrogens with two attached hydrogens (primary N) is 1. The molecule has 19 heavy (non-hydrogen) atoms. The van der Waals surface area contributed by atoms with Crippen molar-refractivity contribution >= 4 is 22.9 Å². The van der Waals surface area contributed by atoms with Crippen LogP contribution in [-0.2, 0) is 13.2 Å². The summed E-state index contributed by atoms with van der Waals surface area (Å²) in [7, 11) is 0. The van der Waals surface area contributed by atoms with Crippen molar-refractivity contribution in [2.75, 3.05) is 0 Å². The SMILES string of the molecule is Cc1cc(OCc2cc(CN)sc2C)cc(C)c1Cl. The molecule has 0 aliphatic carbocycles. The van der Waals surface area contributed by atoms with E-state index in [0.29, 0.717) is 13.2 Å². The molecular formula is C15H18ClNOS. The second-order valence-corrected chi connectivity index (χ2v) is 6.38. The van der Waals surface area contributed by atoms with Gasteiger partial charge >= 0.3 is 0 Å². The number of aryl methyl sites for hydroxylation is 3. The molecule has 0 aliphatic rings. The summed E-state index contributed by atoms with van der Waals surface area (Å²) in [5.74, 6) is 0.860. The van der Waals surface area contributed by atoms with Crippen molar-refractivity contribution in [2.24, 2.45) is 5.73 Å². The summed E-state index contributed by atoms with van der Waals surface area (Å²) >= 11 is 7.88. The van der Waals surface area contributed by atoms with Crippen LogP contribution in [0.5, 0.6) is 5.75 Å². The highest BCUT2D eigenvalue weighted by atomic mass is 35.5. The second-order valence-electron chi connectivity index (χ2n) is 4.66. The van der Waals surface area contributed by atoms with Crippen LogP contribution in [0.2, 0.25) is 5.02 Å². The summed E-state index contributed by atoms with van der Waals surface area (Å²) in [4.78, 5) is 2.46. The molecule has 0 atom stereocenters. The molecule has 0 aliphatic heterocycles. The highest BCUT2D eigenvalue weighted by Crippen LogP contribution is 2.27. The number of hydrogen-bond donors (Lipinski definition) is 1. The summed E-state index contributed by atoms with van der Waals surface area (Å²) in [6, 6.07) is 6.07. The van der Waals surface area contributed by atoms with Gasteiger partial charge in [-0.15, -0.1) is 11.3 Å². The maximum atomic E-state index is 6.15. The molecule has 0 fully saturated rings. The lowest BCUT2D eigenvalue weighted by Gasteiger charge is -2.09. The van der Waals surface area contributed by atoms with Crippen LogP contribution in [0.4, 0.5) is 0 Å². The third-order valence-electron chi connectivity index (χ3n) is 3.08. The Morgan fingerprint density at radius 2 is 1.79 bits per heavy atom. The van der Waals surface area contributed by atoms with Crippen LogP contribution in [0.1, 0.15) is 26.4 Å². The highest BCUT2D eigenvalue weighted by Gasteiger charge is 2.07. The fraction of sp³-hybridized carbons (Fsp3) is 0.333. The molecule has 0 saturated carbocycles. The molecule has 2 aromatic rings. The summed E-state index contributed by atoms with van der Waals surface area (Å²) in [6.45, 7) is 7.24. The van der Waals surface area contributed by atoms with Crippen LogP contribution in [0, 0.1) is 20.8 Å². The van der Waals surface area contributed by atoms with Crippen molar-refractivity contribution in [3.63, 3.8) is 0 Å². The van der Waals surface area contributed by atoms with Gasteiger partial charge < -0.3 is 10.5 Å². The normalized spacial score (nSPS) is 10.8. The van der Waals surface area contributed by atoms with E-state index in [1.807, 2.05) is 26.0 Å². The van der Waals surface area contributed by atoms with Crippen LogP contribution in [0.3, 0.4) is 0 Å². The van der Waals surface area contributed by atoms with Crippen LogP contribution in [0.15, 0.2) is 18.2 Å². The highest BCUT2D eigenvalue weighted by molar-refractivity contribution is 7.12. The lowest BCUT2D eigenvalue weighted by atomic mass is 10.1. The predicted molar refractivity (Wildman–Crippen MR) is 82.2 cm³/mol. The number of benzene rings is 1. The molecule has 0 amide bonds. The van der Waals surface area contributed by atoms with Crippen molar-refractivity contribution < 1.29 is 4.74 Å². The van der Waals surface area contributed by atoms with Crippen molar-refractivity contribution in [1.82, 2.24) is 0 Å². The van der Waals surface area contributed by atoms with Gasteiger partial charge in [0.1, 0.15) is 12.4 Å². The lowest BCUT2D eigenvalue weighted by molar-refractivity contribution is 0.305. The first-order chi connectivity index (χ1) is 9.01. The minimum Gasteiger partial charge on any atom is -0.489 e. The molecule has 0 saturated heterocycles. The number of thiophene rings is 1. The lowest BCUT2D eigenvalue weighted by Crippen LogP contribution is -1.97. The largest absolute Gasteiger partial charge is 0.489 e. The summed E-state index contributed by atoms with van der Waals surface area (Å²) < 4.78 is 5.85. The van der Waals surface area contributed by atoms with E-state index in [9.17, 15) is 0 Å². The number of halogens is 1. The zero-order valence-electron chi connectivity index (χ0n) is 11.4. The van der Waals surface area contributed by atoms with Crippen molar-refractivity contribution in [1.29, 1.82) is 0 Å². The van der Waals surface area contributed by atoms with Crippen LogP contribution in [-0.4, -0.2) is 0 Å². The number of rotatable bonds is 4. The van der Waals surface area contributed by atoms with Gasteiger partial charge in [-0.2, -0.15) is 0 Å². The van der Waals surface area contributed by atoms with E-state index in [0.717, 1.165) is 21.9 Å². The Kier molecular flexibility index (Phi) is 4.50. The van der Waals surface area contributed by atoms with E-state index in [1.54, 1.807) is 11.3 Å². The van der Waals surface area contributed by atoms with E-state index < -0.39 is 0 Å². The monoisotopic (exact) mass is 295 g/mol. The minimum atomic E-state index is 0.572. The smallest absolute Gasteiger partial charge is 0.120 e. The molecule has 0 unspecified atom stereocenters. The fourth-order valence-corrected chi connectivity index (χ4v) is 3.02.